The number of nitrogens with one attached hydrogen (secondary N) is 1. The van der Waals surface area contributed by atoms with Gasteiger partial charge in [-0.3, -0.25) is 4.79 Å². The zero-order chi connectivity index (χ0) is 14.6. The number of alkyl halides is 3. The second-order valence-corrected chi connectivity index (χ2v) is 4.52. The maximum Gasteiger partial charge on any atom is 0.417 e. The first-order valence-corrected chi connectivity index (χ1v) is 5.65. The Morgan fingerprint density at radius 3 is 2.53 bits per heavy atom. The van der Waals surface area contributed by atoms with Crippen molar-refractivity contribution < 1.29 is 18.0 Å². The van der Waals surface area contributed by atoms with E-state index in [-0.39, 0.29) is 23.9 Å². The highest BCUT2D eigenvalue weighted by molar-refractivity contribution is 5.91. The molecule has 0 aliphatic rings. The number of amides is 1. The van der Waals surface area contributed by atoms with E-state index < -0.39 is 17.3 Å². The summed E-state index contributed by atoms with van der Waals surface area (Å²) in [7, 11) is 0. The molecular weight excluding hydrogens is 257 g/mol. The van der Waals surface area contributed by atoms with Gasteiger partial charge in [0.1, 0.15) is 0 Å². The predicted molar refractivity (Wildman–Crippen MR) is 64.2 cm³/mol. The summed E-state index contributed by atoms with van der Waals surface area (Å²) in [6.07, 6.45) is -4.40. The number of hydrogen-bond donors (Lipinski definition) is 1. The summed E-state index contributed by atoms with van der Waals surface area (Å²) < 4.78 is 38.1. The molecular formula is C13H13F3N2O. The summed E-state index contributed by atoms with van der Waals surface area (Å²) in [6, 6.07) is 4.59. The Labute approximate surface area is 109 Å². The van der Waals surface area contributed by atoms with E-state index in [0.717, 1.165) is 12.1 Å². The monoisotopic (exact) mass is 270 g/mol. The lowest BCUT2D eigenvalue weighted by molar-refractivity contribution is -0.137. The van der Waals surface area contributed by atoms with E-state index in [2.05, 4.69) is 5.32 Å². The SMILES string of the molecule is CC(C)CC(=O)Nc1ccc(C#N)c(C(F)(F)F)c1. The molecule has 19 heavy (non-hydrogen) atoms. The number of anilines is 1. The largest absolute Gasteiger partial charge is 0.417 e. The van der Waals surface area contributed by atoms with Gasteiger partial charge < -0.3 is 5.32 Å². The van der Waals surface area contributed by atoms with Crippen molar-refractivity contribution in [3.05, 3.63) is 29.3 Å². The van der Waals surface area contributed by atoms with Crippen LogP contribution in [0.25, 0.3) is 0 Å². The summed E-state index contributed by atoms with van der Waals surface area (Å²) >= 11 is 0. The van der Waals surface area contributed by atoms with Crippen molar-refractivity contribution in [1.82, 2.24) is 0 Å². The molecule has 0 heterocycles. The molecule has 102 valence electrons. The molecule has 1 aromatic rings. The molecule has 0 aromatic heterocycles. The Hall–Kier alpha value is -2.03. The molecule has 0 atom stereocenters. The Balaban J connectivity index is 3.00. The van der Waals surface area contributed by atoms with Crippen molar-refractivity contribution in [1.29, 1.82) is 5.26 Å². The average Bonchev–Trinajstić information content (AvgIpc) is 2.26. The summed E-state index contributed by atoms with van der Waals surface area (Å²) in [6.45, 7) is 3.67. The Morgan fingerprint density at radius 1 is 1.42 bits per heavy atom. The lowest BCUT2D eigenvalue weighted by atomic mass is 10.1. The zero-order valence-electron chi connectivity index (χ0n) is 10.5. The first kappa shape index (κ1) is 15.0. The number of benzene rings is 1. The third-order valence-electron chi connectivity index (χ3n) is 2.32. The lowest BCUT2D eigenvalue weighted by Crippen LogP contribution is -2.15. The smallest absolute Gasteiger partial charge is 0.326 e. The second kappa shape index (κ2) is 5.74. The maximum absolute atomic E-state index is 12.7. The molecule has 0 bridgehead atoms. The van der Waals surface area contributed by atoms with Crippen LogP contribution in [0, 0.1) is 17.2 Å². The number of hydrogen-bond acceptors (Lipinski definition) is 2. The fraction of sp³-hybridized carbons (Fsp3) is 0.385. The molecule has 0 spiro atoms. The number of rotatable bonds is 3. The number of carbonyl (C=O) groups is 1. The Morgan fingerprint density at radius 2 is 2.05 bits per heavy atom. The van der Waals surface area contributed by atoms with Gasteiger partial charge in [-0.05, 0) is 24.1 Å². The highest BCUT2D eigenvalue weighted by Crippen LogP contribution is 2.33. The molecule has 1 N–H and O–H groups in total. The average molecular weight is 270 g/mol. The summed E-state index contributed by atoms with van der Waals surface area (Å²) in [5.41, 5.74) is -1.47. The summed E-state index contributed by atoms with van der Waals surface area (Å²) in [5, 5.41) is 11.0. The van der Waals surface area contributed by atoms with Gasteiger partial charge in [-0.25, -0.2) is 0 Å². The van der Waals surface area contributed by atoms with Gasteiger partial charge in [0.05, 0.1) is 17.2 Å². The molecule has 6 heteroatoms. The van der Waals surface area contributed by atoms with Gasteiger partial charge in [-0.2, -0.15) is 18.4 Å². The first-order valence-electron chi connectivity index (χ1n) is 5.65. The van der Waals surface area contributed by atoms with E-state index in [4.69, 9.17) is 5.26 Å². The van der Waals surface area contributed by atoms with E-state index in [1.165, 1.54) is 12.1 Å². The molecule has 3 nitrogen and oxygen atoms in total. The Kier molecular flexibility index (Phi) is 4.54. The van der Waals surface area contributed by atoms with Crippen molar-refractivity contribution in [3.8, 4) is 6.07 Å². The molecule has 0 radical (unpaired) electrons. The maximum atomic E-state index is 12.7. The molecule has 0 aliphatic carbocycles. The van der Waals surface area contributed by atoms with Gasteiger partial charge in [0.2, 0.25) is 5.91 Å². The topological polar surface area (TPSA) is 52.9 Å². The van der Waals surface area contributed by atoms with Crippen LogP contribution in [0.15, 0.2) is 18.2 Å². The van der Waals surface area contributed by atoms with E-state index in [1.807, 2.05) is 13.8 Å². The molecule has 1 aromatic carbocycles. The van der Waals surface area contributed by atoms with Crippen LogP contribution in [0.5, 0.6) is 0 Å². The fourth-order valence-electron chi connectivity index (χ4n) is 1.54. The van der Waals surface area contributed by atoms with Crippen LogP contribution in [-0.2, 0) is 11.0 Å². The Bertz CT molecular complexity index is 516. The molecule has 0 saturated heterocycles. The lowest BCUT2D eigenvalue weighted by Gasteiger charge is -2.12. The van der Waals surface area contributed by atoms with Crippen molar-refractivity contribution in [2.45, 2.75) is 26.4 Å². The van der Waals surface area contributed by atoms with Gasteiger partial charge in [0.15, 0.2) is 0 Å². The van der Waals surface area contributed by atoms with Gasteiger partial charge >= 0.3 is 6.18 Å². The van der Waals surface area contributed by atoms with Crippen molar-refractivity contribution in [2.24, 2.45) is 5.92 Å². The first-order chi connectivity index (χ1) is 8.74. The molecule has 1 amide bonds. The second-order valence-electron chi connectivity index (χ2n) is 4.52. The van der Waals surface area contributed by atoms with E-state index in [1.54, 1.807) is 0 Å². The van der Waals surface area contributed by atoms with E-state index >= 15 is 0 Å². The molecule has 0 unspecified atom stereocenters. The van der Waals surface area contributed by atoms with Crippen LogP contribution in [-0.4, -0.2) is 5.91 Å². The van der Waals surface area contributed by atoms with Crippen LogP contribution in [0.2, 0.25) is 0 Å². The normalized spacial score (nSPS) is 11.2. The van der Waals surface area contributed by atoms with Gasteiger partial charge in [0, 0.05) is 12.1 Å². The van der Waals surface area contributed by atoms with Crippen LogP contribution >= 0.6 is 0 Å². The third kappa shape index (κ3) is 4.28. The molecule has 0 saturated carbocycles. The van der Waals surface area contributed by atoms with Gasteiger partial charge in [-0.1, -0.05) is 13.8 Å². The number of carbonyl (C=O) groups excluding carboxylic acids is 1. The zero-order valence-corrected chi connectivity index (χ0v) is 10.5. The highest BCUT2D eigenvalue weighted by Gasteiger charge is 2.33. The van der Waals surface area contributed by atoms with Crippen LogP contribution < -0.4 is 5.32 Å². The predicted octanol–water partition coefficient (Wildman–Crippen LogP) is 3.56. The van der Waals surface area contributed by atoms with Crippen molar-refractivity contribution in [2.75, 3.05) is 5.32 Å². The summed E-state index contributed by atoms with van der Waals surface area (Å²) in [5.74, 6) is -0.242. The van der Waals surface area contributed by atoms with Crippen LogP contribution in [0.3, 0.4) is 0 Å². The minimum absolute atomic E-state index is 0.0389. The van der Waals surface area contributed by atoms with Crippen LogP contribution in [0.4, 0.5) is 18.9 Å². The van der Waals surface area contributed by atoms with E-state index in [9.17, 15) is 18.0 Å². The molecule has 0 aliphatic heterocycles. The van der Waals surface area contributed by atoms with Crippen molar-refractivity contribution >= 4 is 11.6 Å². The number of nitrogens with zero attached hydrogens (tertiary/aromatic N) is 1. The molecule has 1 rings (SSSR count). The minimum atomic E-state index is -4.62. The fourth-order valence-corrected chi connectivity index (χ4v) is 1.54. The minimum Gasteiger partial charge on any atom is -0.326 e. The van der Waals surface area contributed by atoms with Gasteiger partial charge in [-0.15, -0.1) is 0 Å². The van der Waals surface area contributed by atoms with Gasteiger partial charge in [0.25, 0.3) is 0 Å². The number of halogens is 3. The van der Waals surface area contributed by atoms with E-state index in [0.29, 0.717) is 0 Å². The standard InChI is InChI=1S/C13H13F3N2O/c1-8(2)5-12(19)18-10-4-3-9(7-17)11(6-10)13(14,15)16/h3-4,6,8H,5H2,1-2H3,(H,18,19). The number of nitriles is 1. The van der Waals surface area contributed by atoms with Crippen LogP contribution in [0.1, 0.15) is 31.4 Å². The highest BCUT2D eigenvalue weighted by atomic mass is 19.4. The van der Waals surface area contributed by atoms with Crippen molar-refractivity contribution in [3.63, 3.8) is 0 Å². The quantitative estimate of drug-likeness (QED) is 0.913. The third-order valence-corrected chi connectivity index (χ3v) is 2.32. The molecule has 0 fully saturated rings. The summed E-state index contributed by atoms with van der Waals surface area (Å²) in [4.78, 5) is 11.5.